The van der Waals surface area contributed by atoms with Gasteiger partial charge in [0.2, 0.25) is 0 Å². The molecule has 0 aromatic carbocycles. The fourth-order valence-electron chi connectivity index (χ4n) is 3.21. The first-order valence-corrected chi connectivity index (χ1v) is 8.18. The zero-order valence-corrected chi connectivity index (χ0v) is 13.7. The molecule has 1 aliphatic heterocycles. The van der Waals surface area contributed by atoms with Crippen molar-refractivity contribution in [2.24, 2.45) is 7.05 Å². The number of rotatable bonds is 3. The van der Waals surface area contributed by atoms with Crippen molar-refractivity contribution in [2.75, 3.05) is 19.6 Å². The van der Waals surface area contributed by atoms with Crippen LogP contribution in [0.3, 0.4) is 0 Å². The van der Waals surface area contributed by atoms with Crippen LogP contribution in [-0.2, 0) is 7.05 Å². The Labute approximate surface area is 134 Å². The lowest BCUT2D eigenvalue weighted by molar-refractivity contribution is 0.166. The minimum atomic E-state index is -0.0699. The number of hydrogen-bond donors (Lipinski definition) is 1. The topological polar surface area (TPSA) is 72.2 Å². The van der Waals surface area contributed by atoms with Crippen LogP contribution in [0.15, 0.2) is 23.1 Å². The molecule has 0 bridgehead atoms. The van der Waals surface area contributed by atoms with Gasteiger partial charge in [-0.3, -0.25) is 9.13 Å². The van der Waals surface area contributed by atoms with Gasteiger partial charge in [0.1, 0.15) is 0 Å². The number of carbonyl (C=O) groups excluding carboxylic acids is 1. The molecule has 3 heterocycles. The SMILES string of the molecule is CCCNC(=O)N1CCC[C@H](n2c(=O)n(C)c3cccnc32)C1. The molecule has 7 nitrogen and oxygen atoms in total. The molecule has 1 saturated heterocycles. The number of nitrogens with zero attached hydrogens (tertiary/aromatic N) is 4. The molecule has 1 fully saturated rings. The maximum atomic E-state index is 12.6. The van der Waals surface area contributed by atoms with Gasteiger partial charge in [-0.05, 0) is 31.4 Å². The van der Waals surface area contributed by atoms with E-state index in [-0.39, 0.29) is 17.8 Å². The minimum absolute atomic E-state index is 0.0257. The Kier molecular flexibility index (Phi) is 4.36. The molecule has 2 aromatic heterocycles. The van der Waals surface area contributed by atoms with Gasteiger partial charge in [-0.25, -0.2) is 14.6 Å². The molecule has 1 N–H and O–H groups in total. The number of aryl methyl sites for hydroxylation is 1. The van der Waals surface area contributed by atoms with E-state index < -0.39 is 0 Å². The highest BCUT2D eigenvalue weighted by atomic mass is 16.2. The standard InChI is InChI=1S/C16H23N5O2/c1-3-8-18-15(22)20-10-5-6-12(11-20)21-14-13(7-4-9-17-14)19(2)16(21)23/h4,7,9,12H,3,5-6,8,10-11H2,1-2H3,(H,18,22)/t12-/m0/s1. The molecule has 0 unspecified atom stereocenters. The highest BCUT2D eigenvalue weighted by Crippen LogP contribution is 2.23. The molecule has 7 heteroatoms. The summed E-state index contributed by atoms with van der Waals surface area (Å²) in [6.07, 6.45) is 4.38. The number of urea groups is 1. The Morgan fingerprint density at radius 1 is 1.48 bits per heavy atom. The molecule has 1 aliphatic rings. The van der Waals surface area contributed by atoms with Crippen LogP contribution in [-0.4, -0.2) is 44.7 Å². The molecule has 0 spiro atoms. The molecule has 0 aliphatic carbocycles. The zero-order valence-electron chi connectivity index (χ0n) is 13.7. The first kappa shape index (κ1) is 15.6. The highest BCUT2D eigenvalue weighted by molar-refractivity contribution is 5.74. The lowest BCUT2D eigenvalue weighted by Gasteiger charge is -2.33. The molecule has 23 heavy (non-hydrogen) atoms. The third kappa shape index (κ3) is 2.83. The summed E-state index contributed by atoms with van der Waals surface area (Å²) in [6, 6.07) is 3.66. The Bertz CT molecular complexity index is 763. The molecule has 1 atom stereocenters. The van der Waals surface area contributed by atoms with Crippen molar-refractivity contribution in [3.05, 3.63) is 28.8 Å². The van der Waals surface area contributed by atoms with Gasteiger partial charge in [-0.2, -0.15) is 0 Å². The number of amides is 2. The van der Waals surface area contributed by atoms with Crippen LogP contribution >= 0.6 is 0 Å². The quantitative estimate of drug-likeness (QED) is 0.932. The first-order chi connectivity index (χ1) is 11.1. The fraction of sp³-hybridized carbons (Fsp3) is 0.562. The Morgan fingerprint density at radius 3 is 3.09 bits per heavy atom. The van der Waals surface area contributed by atoms with Gasteiger partial charge in [0.15, 0.2) is 5.65 Å². The molecular formula is C16H23N5O2. The summed E-state index contributed by atoms with van der Waals surface area (Å²) >= 11 is 0. The van der Waals surface area contributed by atoms with E-state index in [2.05, 4.69) is 10.3 Å². The summed E-state index contributed by atoms with van der Waals surface area (Å²) in [5, 5.41) is 2.91. The van der Waals surface area contributed by atoms with E-state index in [1.54, 1.807) is 27.3 Å². The summed E-state index contributed by atoms with van der Waals surface area (Å²) in [5.74, 6) is 0. The molecular weight excluding hydrogens is 294 g/mol. The van der Waals surface area contributed by atoms with Gasteiger partial charge in [-0.15, -0.1) is 0 Å². The van der Waals surface area contributed by atoms with Crippen LogP contribution in [0.25, 0.3) is 11.2 Å². The van der Waals surface area contributed by atoms with E-state index in [4.69, 9.17) is 0 Å². The van der Waals surface area contributed by atoms with Crippen LogP contribution in [0.1, 0.15) is 32.2 Å². The second-order valence-corrected chi connectivity index (χ2v) is 6.03. The minimum Gasteiger partial charge on any atom is -0.338 e. The maximum absolute atomic E-state index is 12.6. The second kappa shape index (κ2) is 6.44. The number of fused-ring (bicyclic) bond motifs is 1. The normalized spacial score (nSPS) is 18.3. The fourth-order valence-corrected chi connectivity index (χ4v) is 3.21. The van der Waals surface area contributed by atoms with Gasteiger partial charge in [0.05, 0.1) is 11.6 Å². The summed E-state index contributed by atoms with van der Waals surface area (Å²) in [7, 11) is 1.76. The smallest absolute Gasteiger partial charge is 0.330 e. The van der Waals surface area contributed by atoms with E-state index in [9.17, 15) is 9.59 Å². The highest BCUT2D eigenvalue weighted by Gasteiger charge is 2.27. The number of piperidine rings is 1. The largest absolute Gasteiger partial charge is 0.338 e. The van der Waals surface area contributed by atoms with Gasteiger partial charge in [0, 0.05) is 32.9 Å². The monoisotopic (exact) mass is 317 g/mol. The number of carbonyl (C=O) groups is 1. The van der Waals surface area contributed by atoms with Gasteiger partial charge >= 0.3 is 11.7 Å². The number of nitrogens with one attached hydrogen (secondary N) is 1. The van der Waals surface area contributed by atoms with Crippen LogP contribution < -0.4 is 11.0 Å². The van der Waals surface area contributed by atoms with Crippen LogP contribution in [0.2, 0.25) is 0 Å². The lowest BCUT2D eigenvalue weighted by atomic mass is 10.1. The Hall–Kier alpha value is -2.31. The summed E-state index contributed by atoms with van der Waals surface area (Å²) in [4.78, 5) is 31.0. The number of aromatic nitrogens is 3. The number of hydrogen-bond acceptors (Lipinski definition) is 3. The van der Waals surface area contributed by atoms with Crippen molar-refractivity contribution in [3.8, 4) is 0 Å². The molecule has 3 rings (SSSR count). The van der Waals surface area contributed by atoms with Crippen LogP contribution in [0.5, 0.6) is 0 Å². The third-order valence-corrected chi connectivity index (χ3v) is 4.42. The molecule has 0 radical (unpaired) electrons. The van der Waals surface area contributed by atoms with E-state index in [0.717, 1.165) is 31.3 Å². The van der Waals surface area contributed by atoms with Gasteiger partial charge < -0.3 is 10.2 Å². The van der Waals surface area contributed by atoms with Crippen molar-refractivity contribution in [1.29, 1.82) is 0 Å². The summed E-state index contributed by atoms with van der Waals surface area (Å²) < 4.78 is 3.37. The molecule has 2 aromatic rings. The Morgan fingerprint density at radius 2 is 2.30 bits per heavy atom. The second-order valence-electron chi connectivity index (χ2n) is 6.03. The van der Waals surface area contributed by atoms with E-state index in [1.807, 2.05) is 19.1 Å². The Balaban J connectivity index is 1.89. The number of imidazole rings is 1. The van der Waals surface area contributed by atoms with Crippen molar-refractivity contribution in [1.82, 2.24) is 24.3 Å². The molecule has 124 valence electrons. The number of pyridine rings is 1. The van der Waals surface area contributed by atoms with Crippen molar-refractivity contribution in [3.63, 3.8) is 0 Å². The van der Waals surface area contributed by atoms with E-state index in [1.165, 1.54) is 0 Å². The molecule has 0 saturated carbocycles. The average molecular weight is 317 g/mol. The third-order valence-electron chi connectivity index (χ3n) is 4.42. The maximum Gasteiger partial charge on any atom is 0.330 e. The summed E-state index contributed by atoms with van der Waals surface area (Å²) in [6.45, 7) is 3.99. The van der Waals surface area contributed by atoms with Crippen molar-refractivity contribution >= 4 is 17.2 Å². The van der Waals surface area contributed by atoms with Crippen LogP contribution in [0.4, 0.5) is 4.79 Å². The lowest BCUT2D eigenvalue weighted by Crippen LogP contribution is -2.47. The van der Waals surface area contributed by atoms with E-state index >= 15 is 0 Å². The average Bonchev–Trinajstić information content (AvgIpc) is 2.84. The van der Waals surface area contributed by atoms with Gasteiger partial charge in [0.25, 0.3) is 0 Å². The van der Waals surface area contributed by atoms with Gasteiger partial charge in [-0.1, -0.05) is 6.92 Å². The van der Waals surface area contributed by atoms with Crippen molar-refractivity contribution < 1.29 is 4.79 Å². The van der Waals surface area contributed by atoms with E-state index in [0.29, 0.717) is 18.7 Å². The zero-order chi connectivity index (χ0) is 16.4. The van der Waals surface area contributed by atoms with Crippen LogP contribution in [0, 0.1) is 0 Å². The molecule has 2 amide bonds. The summed E-state index contributed by atoms with van der Waals surface area (Å²) in [5.41, 5.74) is 1.45. The first-order valence-electron chi connectivity index (χ1n) is 8.18. The number of likely N-dealkylation sites (tertiary alicyclic amines) is 1. The van der Waals surface area contributed by atoms with Crippen molar-refractivity contribution in [2.45, 2.75) is 32.2 Å². The predicted octanol–water partition coefficient (Wildman–Crippen LogP) is 1.49. The predicted molar refractivity (Wildman–Crippen MR) is 88.5 cm³/mol.